The molecule has 0 saturated heterocycles. The Hall–Kier alpha value is -1.28. The van der Waals surface area contributed by atoms with Gasteiger partial charge >= 0.3 is 0 Å². The maximum absolute atomic E-state index is 9.83. The van der Waals surface area contributed by atoms with Crippen LogP contribution in [0.2, 0.25) is 0 Å². The molecule has 0 radical (unpaired) electrons. The maximum Gasteiger partial charge on any atom is 0.138 e. The summed E-state index contributed by atoms with van der Waals surface area (Å²) in [6.45, 7) is 8.45. The highest BCUT2D eigenvalue weighted by atomic mass is 16.4. The van der Waals surface area contributed by atoms with Crippen LogP contribution in [0.1, 0.15) is 51.5 Å². The summed E-state index contributed by atoms with van der Waals surface area (Å²) in [6, 6.07) is 8.10. The van der Waals surface area contributed by atoms with E-state index >= 15 is 0 Å². The van der Waals surface area contributed by atoms with Crippen LogP contribution in [0.3, 0.4) is 0 Å². The van der Waals surface area contributed by atoms with Gasteiger partial charge in [0, 0.05) is 10.9 Å². The summed E-state index contributed by atoms with van der Waals surface area (Å²) in [5.41, 5.74) is 2.14. The van der Waals surface area contributed by atoms with Gasteiger partial charge in [0.05, 0.1) is 0 Å². The minimum Gasteiger partial charge on any atom is -0.458 e. The summed E-state index contributed by atoms with van der Waals surface area (Å²) in [6.07, 6.45) is 0.167. The Balaban J connectivity index is 2.61. The van der Waals surface area contributed by atoms with Crippen molar-refractivity contribution >= 4 is 11.0 Å². The monoisotopic (exact) mass is 232 g/mol. The second-order valence-electron chi connectivity index (χ2n) is 5.55. The van der Waals surface area contributed by atoms with Crippen molar-refractivity contribution in [2.75, 3.05) is 0 Å². The van der Waals surface area contributed by atoms with E-state index < -0.39 is 6.10 Å². The Morgan fingerprint density at radius 1 is 1.29 bits per heavy atom. The molecule has 0 amide bonds. The van der Waals surface area contributed by atoms with Gasteiger partial charge in [-0.3, -0.25) is 0 Å². The normalized spacial score (nSPS) is 14.2. The first-order chi connectivity index (χ1) is 7.93. The summed E-state index contributed by atoms with van der Waals surface area (Å²) < 4.78 is 5.83. The predicted octanol–water partition coefficient (Wildman–Crippen LogP) is 4.17. The van der Waals surface area contributed by atoms with E-state index in [-0.39, 0.29) is 5.41 Å². The van der Waals surface area contributed by atoms with Gasteiger partial charge in [0.15, 0.2) is 0 Å². The van der Waals surface area contributed by atoms with Crippen LogP contribution < -0.4 is 0 Å². The van der Waals surface area contributed by atoms with Crippen LogP contribution in [0.4, 0.5) is 0 Å². The van der Waals surface area contributed by atoms with E-state index in [0.29, 0.717) is 12.2 Å². The standard InChI is InChI=1S/C15H20O2/c1-5-12(16)13-9-10-7-6-8-11(14(10)17-13)15(2,3)4/h6-9,12,16H,5H2,1-4H3. The fourth-order valence-corrected chi connectivity index (χ4v) is 2.04. The fraction of sp³-hybridized carbons (Fsp3) is 0.467. The Morgan fingerprint density at radius 2 is 2.00 bits per heavy atom. The first kappa shape index (κ1) is 12.2. The van der Waals surface area contributed by atoms with Gasteiger partial charge in [-0.15, -0.1) is 0 Å². The van der Waals surface area contributed by atoms with Gasteiger partial charge in [-0.05, 0) is 17.9 Å². The SMILES string of the molecule is CCC(O)c1cc2cccc(C(C)(C)C)c2o1. The van der Waals surface area contributed by atoms with Crippen molar-refractivity contribution in [1.82, 2.24) is 0 Å². The molecule has 0 fully saturated rings. The smallest absolute Gasteiger partial charge is 0.138 e. The second-order valence-corrected chi connectivity index (χ2v) is 5.55. The second kappa shape index (κ2) is 4.19. The number of hydrogen-bond acceptors (Lipinski definition) is 2. The zero-order chi connectivity index (χ0) is 12.6. The van der Waals surface area contributed by atoms with Crippen LogP contribution in [0.25, 0.3) is 11.0 Å². The number of para-hydroxylation sites is 1. The van der Waals surface area contributed by atoms with Crippen LogP contribution in [-0.2, 0) is 5.41 Å². The van der Waals surface area contributed by atoms with Crippen molar-refractivity contribution in [3.63, 3.8) is 0 Å². The first-order valence-electron chi connectivity index (χ1n) is 6.14. The van der Waals surface area contributed by atoms with E-state index in [1.54, 1.807) is 0 Å². The largest absolute Gasteiger partial charge is 0.458 e. The minimum absolute atomic E-state index is 0.0474. The third-order valence-corrected chi connectivity index (χ3v) is 3.09. The fourth-order valence-electron chi connectivity index (χ4n) is 2.04. The molecule has 0 aliphatic carbocycles. The van der Waals surface area contributed by atoms with Crippen LogP contribution in [-0.4, -0.2) is 5.11 Å². The molecule has 0 aliphatic rings. The average Bonchev–Trinajstić information content (AvgIpc) is 2.69. The quantitative estimate of drug-likeness (QED) is 0.842. The number of aliphatic hydroxyl groups excluding tert-OH is 1. The topological polar surface area (TPSA) is 33.4 Å². The number of aliphatic hydroxyl groups is 1. The zero-order valence-electron chi connectivity index (χ0n) is 10.9. The molecule has 2 nitrogen and oxygen atoms in total. The lowest BCUT2D eigenvalue weighted by Crippen LogP contribution is -2.10. The highest BCUT2D eigenvalue weighted by Gasteiger charge is 2.20. The first-order valence-corrected chi connectivity index (χ1v) is 6.14. The molecular formula is C15H20O2. The van der Waals surface area contributed by atoms with Crippen molar-refractivity contribution in [3.05, 3.63) is 35.6 Å². The van der Waals surface area contributed by atoms with E-state index in [0.717, 1.165) is 11.0 Å². The molecule has 1 unspecified atom stereocenters. The summed E-state index contributed by atoms with van der Waals surface area (Å²) in [7, 11) is 0. The zero-order valence-corrected chi connectivity index (χ0v) is 10.9. The highest BCUT2D eigenvalue weighted by Crippen LogP contribution is 2.33. The van der Waals surface area contributed by atoms with Gasteiger partial charge in [0.2, 0.25) is 0 Å². The Morgan fingerprint density at radius 3 is 2.59 bits per heavy atom. The molecule has 2 aromatic rings. The molecular weight excluding hydrogens is 212 g/mol. The molecule has 2 rings (SSSR count). The third-order valence-electron chi connectivity index (χ3n) is 3.09. The number of benzene rings is 1. The van der Waals surface area contributed by atoms with Crippen molar-refractivity contribution in [3.8, 4) is 0 Å². The average molecular weight is 232 g/mol. The molecule has 1 aromatic heterocycles. The summed E-state index contributed by atoms with van der Waals surface area (Å²) in [4.78, 5) is 0. The van der Waals surface area contributed by atoms with E-state index in [1.165, 1.54) is 5.56 Å². The minimum atomic E-state index is -0.504. The van der Waals surface area contributed by atoms with E-state index in [2.05, 4.69) is 26.8 Å². The van der Waals surface area contributed by atoms with Crippen molar-refractivity contribution in [2.45, 2.75) is 45.6 Å². The van der Waals surface area contributed by atoms with Gasteiger partial charge in [-0.2, -0.15) is 0 Å². The molecule has 1 N–H and O–H groups in total. The Kier molecular flexibility index (Phi) is 3.00. The van der Waals surface area contributed by atoms with Crippen LogP contribution >= 0.6 is 0 Å². The molecule has 92 valence electrons. The molecule has 1 aromatic carbocycles. The van der Waals surface area contributed by atoms with Gasteiger partial charge in [0.25, 0.3) is 0 Å². The van der Waals surface area contributed by atoms with E-state index in [1.807, 2.05) is 25.1 Å². The van der Waals surface area contributed by atoms with Gasteiger partial charge < -0.3 is 9.52 Å². The highest BCUT2D eigenvalue weighted by molar-refractivity contribution is 5.82. The summed E-state index contributed by atoms with van der Waals surface area (Å²) >= 11 is 0. The predicted molar refractivity (Wildman–Crippen MR) is 70.2 cm³/mol. The van der Waals surface area contributed by atoms with Gasteiger partial charge in [0.1, 0.15) is 17.4 Å². The third kappa shape index (κ3) is 2.22. The van der Waals surface area contributed by atoms with E-state index in [9.17, 15) is 5.11 Å². The molecule has 0 bridgehead atoms. The molecule has 1 heterocycles. The lowest BCUT2D eigenvalue weighted by Gasteiger charge is -2.18. The van der Waals surface area contributed by atoms with Gasteiger partial charge in [-0.1, -0.05) is 45.9 Å². The number of hydrogen-bond donors (Lipinski definition) is 1. The summed E-state index contributed by atoms with van der Waals surface area (Å²) in [5, 5.41) is 10.9. The lowest BCUT2D eigenvalue weighted by molar-refractivity contribution is 0.148. The number of furan rings is 1. The molecule has 0 spiro atoms. The Labute approximate surface area is 102 Å². The molecule has 2 heteroatoms. The van der Waals surface area contributed by atoms with Crippen molar-refractivity contribution in [1.29, 1.82) is 0 Å². The maximum atomic E-state index is 9.83. The Bertz CT molecular complexity index is 517. The number of fused-ring (bicyclic) bond motifs is 1. The van der Waals surface area contributed by atoms with Crippen LogP contribution in [0.5, 0.6) is 0 Å². The molecule has 0 aliphatic heterocycles. The molecule has 1 atom stereocenters. The van der Waals surface area contributed by atoms with Crippen molar-refractivity contribution in [2.24, 2.45) is 0 Å². The summed E-state index contributed by atoms with van der Waals surface area (Å²) in [5.74, 6) is 0.666. The lowest BCUT2D eigenvalue weighted by atomic mass is 9.86. The number of rotatable bonds is 2. The van der Waals surface area contributed by atoms with Gasteiger partial charge in [-0.25, -0.2) is 0 Å². The molecule has 0 saturated carbocycles. The van der Waals surface area contributed by atoms with Crippen LogP contribution in [0.15, 0.2) is 28.7 Å². The van der Waals surface area contributed by atoms with Crippen molar-refractivity contribution < 1.29 is 9.52 Å². The molecule has 17 heavy (non-hydrogen) atoms. The van der Waals surface area contributed by atoms with Crippen LogP contribution in [0, 0.1) is 0 Å². The van der Waals surface area contributed by atoms with E-state index in [4.69, 9.17) is 4.42 Å².